The van der Waals surface area contributed by atoms with Crippen molar-refractivity contribution in [3.63, 3.8) is 0 Å². The van der Waals surface area contributed by atoms with Crippen LogP contribution in [-0.2, 0) is 19.4 Å². The van der Waals surface area contributed by atoms with Crippen molar-refractivity contribution in [3.05, 3.63) is 76.9 Å². The molecule has 6 heteroatoms. The third-order valence-corrected chi connectivity index (χ3v) is 8.00. The van der Waals surface area contributed by atoms with Crippen LogP contribution in [0.15, 0.2) is 54.6 Å². The highest BCUT2D eigenvalue weighted by Gasteiger charge is 2.26. The van der Waals surface area contributed by atoms with Crippen molar-refractivity contribution in [2.45, 2.75) is 58.5 Å². The van der Waals surface area contributed by atoms with Crippen molar-refractivity contribution in [1.82, 2.24) is 4.90 Å². The molecular formula is C33H44N2O4. The number of fused-ring (bicyclic) bond motifs is 1. The van der Waals surface area contributed by atoms with Gasteiger partial charge in [-0.2, -0.15) is 0 Å². The lowest BCUT2D eigenvalue weighted by molar-refractivity contribution is 0.208. The SMILES string of the molecule is CCN(Cc1ccc(OCCN(C)C(C)C)cc1)c1cc(OC)c(OC)cc1C1CCc2cc(O)ccc2C1. The largest absolute Gasteiger partial charge is 0.508 e. The number of hydrogen-bond donors (Lipinski definition) is 1. The molecule has 0 fully saturated rings. The first-order valence-corrected chi connectivity index (χ1v) is 14.1. The zero-order chi connectivity index (χ0) is 27.9. The van der Waals surface area contributed by atoms with E-state index in [1.54, 1.807) is 20.3 Å². The van der Waals surface area contributed by atoms with Gasteiger partial charge < -0.3 is 29.1 Å². The zero-order valence-corrected chi connectivity index (χ0v) is 24.4. The van der Waals surface area contributed by atoms with E-state index in [0.29, 0.717) is 24.3 Å². The summed E-state index contributed by atoms with van der Waals surface area (Å²) in [6, 6.07) is 19.0. The maximum Gasteiger partial charge on any atom is 0.162 e. The molecular weight excluding hydrogens is 488 g/mol. The molecule has 0 aromatic heterocycles. The molecule has 1 unspecified atom stereocenters. The number of rotatable bonds is 12. The van der Waals surface area contributed by atoms with E-state index in [4.69, 9.17) is 14.2 Å². The van der Waals surface area contributed by atoms with Crippen LogP contribution in [0, 0.1) is 0 Å². The molecule has 0 spiro atoms. The number of benzene rings is 3. The van der Waals surface area contributed by atoms with Gasteiger partial charge >= 0.3 is 0 Å². The fourth-order valence-corrected chi connectivity index (χ4v) is 5.34. The molecule has 0 bridgehead atoms. The molecule has 0 aliphatic heterocycles. The molecule has 0 heterocycles. The fraction of sp³-hybridized carbons (Fsp3) is 0.455. The Bertz CT molecular complexity index is 1230. The molecule has 39 heavy (non-hydrogen) atoms. The van der Waals surface area contributed by atoms with Gasteiger partial charge in [-0.15, -0.1) is 0 Å². The first-order chi connectivity index (χ1) is 18.8. The lowest BCUT2D eigenvalue weighted by Crippen LogP contribution is -2.30. The molecule has 6 nitrogen and oxygen atoms in total. The quantitative estimate of drug-likeness (QED) is 0.290. The van der Waals surface area contributed by atoms with Gasteiger partial charge in [0.15, 0.2) is 11.5 Å². The van der Waals surface area contributed by atoms with Crippen molar-refractivity contribution in [1.29, 1.82) is 0 Å². The van der Waals surface area contributed by atoms with Crippen molar-refractivity contribution in [2.75, 3.05) is 45.9 Å². The van der Waals surface area contributed by atoms with Crippen LogP contribution < -0.4 is 19.1 Å². The molecule has 1 aliphatic rings. The van der Waals surface area contributed by atoms with Gasteiger partial charge in [0.2, 0.25) is 0 Å². The molecule has 1 aliphatic carbocycles. The number of ether oxygens (including phenoxy) is 3. The number of likely N-dealkylation sites (N-methyl/N-ethyl adjacent to an activating group) is 1. The average Bonchev–Trinajstić information content (AvgIpc) is 2.95. The van der Waals surface area contributed by atoms with Gasteiger partial charge in [0.25, 0.3) is 0 Å². The summed E-state index contributed by atoms with van der Waals surface area (Å²) in [5, 5.41) is 9.94. The second-order valence-electron chi connectivity index (χ2n) is 10.7. The zero-order valence-electron chi connectivity index (χ0n) is 24.4. The fourth-order valence-electron chi connectivity index (χ4n) is 5.34. The summed E-state index contributed by atoms with van der Waals surface area (Å²) in [4.78, 5) is 4.69. The minimum atomic E-state index is 0.343. The number of phenolic OH excluding ortho intramolecular Hbond substituents is 1. The lowest BCUT2D eigenvalue weighted by Gasteiger charge is -2.32. The van der Waals surface area contributed by atoms with Crippen molar-refractivity contribution >= 4 is 5.69 Å². The second kappa shape index (κ2) is 13.1. The van der Waals surface area contributed by atoms with Crippen LogP contribution >= 0.6 is 0 Å². The number of phenols is 1. The van der Waals surface area contributed by atoms with E-state index < -0.39 is 0 Å². The van der Waals surface area contributed by atoms with Gasteiger partial charge in [0, 0.05) is 37.4 Å². The molecule has 1 N–H and O–H groups in total. The molecule has 210 valence electrons. The first-order valence-electron chi connectivity index (χ1n) is 14.1. The molecule has 3 aromatic carbocycles. The molecule has 0 saturated heterocycles. The van der Waals surface area contributed by atoms with E-state index in [1.807, 2.05) is 6.07 Å². The third kappa shape index (κ3) is 6.99. The van der Waals surface area contributed by atoms with Crippen LogP contribution in [0.1, 0.15) is 55.4 Å². The van der Waals surface area contributed by atoms with E-state index in [2.05, 4.69) is 80.1 Å². The molecule has 0 radical (unpaired) electrons. The van der Waals surface area contributed by atoms with Gasteiger partial charge in [0.1, 0.15) is 18.1 Å². The van der Waals surface area contributed by atoms with Crippen molar-refractivity contribution in [3.8, 4) is 23.0 Å². The van der Waals surface area contributed by atoms with Gasteiger partial charge in [0.05, 0.1) is 14.2 Å². The van der Waals surface area contributed by atoms with E-state index in [9.17, 15) is 5.11 Å². The van der Waals surface area contributed by atoms with Crippen LogP contribution in [0.4, 0.5) is 5.69 Å². The van der Waals surface area contributed by atoms with Crippen LogP contribution in [0.2, 0.25) is 0 Å². The second-order valence-corrected chi connectivity index (χ2v) is 10.7. The van der Waals surface area contributed by atoms with E-state index >= 15 is 0 Å². The molecule has 3 aromatic rings. The highest BCUT2D eigenvalue weighted by Crippen LogP contribution is 2.43. The number of aromatic hydroxyl groups is 1. The predicted molar refractivity (Wildman–Crippen MR) is 159 cm³/mol. The Kier molecular flexibility index (Phi) is 9.63. The standard InChI is InChI=1S/C33H44N2O4/c1-7-35(22-24-8-14-29(15-9-24)39-17-16-34(4)23(2)3)31-21-33(38-6)32(37-5)20-30(31)27-11-10-26-19-28(36)13-12-25(26)18-27/h8-9,12-15,19-21,23,27,36H,7,10-11,16-18,22H2,1-6H3. The van der Waals surface area contributed by atoms with E-state index in [0.717, 1.165) is 56.1 Å². The summed E-state index contributed by atoms with van der Waals surface area (Å²) >= 11 is 0. The molecule has 1 atom stereocenters. The summed E-state index contributed by atoms with van der Waals surface area (Å²) in [6.07, 6.45) is 2.91. The smallest absolute Gasteiger partial charge is 0.162 e. The Morgan fingerprint density at radius 2 is 1.67 bits per heavy atom. The highest BCUT2D eigenvalue weighted by atomic mass is 16.5. The molecule has 0 saturated carbocycles. The van der Waals surface area contributed by atoms with Gasteiger partial charge in [-0.05, 0) is 106 Å². The van der Waals surface area contributed by atoms with Gasteiger partial charge in [-0.1, -0.05) is 18.2 Å². The van der Waals surface area contributed by atoms with Crippen molar-refractivity contribution < 1.29 is 19.3 Å². The summed E-state index contributed by atoms with van der Waals surface area (Å²) in [5.41, 5.74) is 6.25. The number of hydrogen-bond acceptors (Lipinski definition) is 6. The number of nitrogens with zero attached hydrogens (tertiary/aromatic N) is 2. The Morgan fingerprint density at radius 1 is 0.949 bits per heavy atom. The number of methoxy groups -OCH3 is 2. The van der Waals surface area contributed by atoms with E-state index in [-0.39, 0.29) is 0 Å². The summed E-state index contributed by atoms with van der Waals surface area (Å²) < 4.78 is 17.4. The molecule has 4 rings (SSSR count). The third-order valence-electron chi connectivity index (χ3n) is 8.00. The van der Waals surface area contributed by atoms with E-state index in [1.165, 1.54) is 27.9 Å². The Balaban J connectivity index is 1.55. The average molecular weight is 533 g/mol. The number of aryl methyl sites for hydroxylation is 1. The Morgan fingerprint density at radius 3 is 2.33 bits per heavy atom. The van der Waals surface area contributed by atoms with Crippen molar-refractivity contribution in [2.24, 2.45) is 0 Å². The van der Waals surface area contributed by atoms with Gasteiger partial charge in [-0.25, -0.2) is 0 Å². The predicted octanol–water partition coefficient (Wildman–Crippen LogP) is 6.43. The minimum Gasteiger partial charge on any atom is -0.508 e. The number of anilines is 1. The topological polar surface area (TPSA) is 54.4 Å². The molecule has 0 amide bonds. The van der Waals surface area contributed by atoms with Crippen LogP contribution in [0.3, 0.4) is 0 Å². The normalized spacial score (nSPS) is 14.8. The minimum absolute atomic E-state index is 0.343. The highest BCUT2D eigenvalue weighted by molar-refractivity contribution is 5.64. The Hall–Kier alpha value is -3.38. The summed E-state index contributed by atoms with van der Waals surface area (Å²) in [5.74, 6) is 3.10. The van der Waals surface area contributed by atoms with Crippen LogP contribution in [0.5, 0.6) is 23.0 Å². The summed E-state index contributed by atoms with van der Waals surface area (Å²) in [7, 11) is 5.51. The lowest BCUT2D eigenvalue weighted by atomic mass is 9.79. The summed E-state index contributed by atoms with van der Waals surface area (Å²) in [6.45, 7) is 9.80. The maximum absolute atomic E-state index is 9.94. The van der Waals surface area contributed by atoms with Crippen LogP contribution in [0.25, 0.3) is 0 Å². The van der Waals surface area contributed by atoms with Gasteiger partial charge in [-0.3, -0.25) is 0 Å². The first kappa shape index (κ1) is 28.6. The Labute approximate surface area is 234 Å². The maximum atomic E-state index is 9.94. The van der Waals surface area contributed by atoms with Crippen LogP contribution in [-0.4, -0.2) is 57.0 Å². The monoisotopic (exact) mass is 532 g/mol.